The standard InChI is InChI=1S/C18H23Cl2NO/c1-12-11-18(8-4-3-5-9-18)21(17(22)13(2)19)16-7-6-14(20)10-15(12)16/h6-7,10,12-13H,3-5,8-9,11H2,1-2H3. The van der Waals surface area contributed by atoms with Gasteiger partial charge in [0.15, 0.2) is 0 Å². The monoisotopic (exact) mass is 339 g/mol. The predicted octanol–water partition coefficient (Wildman–Crippen LogP) is 5.51. The van der Waals surface area contributed by atoms with Crippen molar-refractivity contribution in [3.05, 3.63) is 28.8 Å². The van der Waals surface area contributed by atoms with Gasteiger partial charge in [-0.15, -0.1) is 11.6 Å². The highest BCUT2D eigenvalue weighted by molar-refractivity contribution is 6.33. The number of nitrogens with zero attached hydrogens (tertiary/aromatic N) is 1. The summed E-state index contributed by atoms with van der Waals surface area (Å²) < 4.78 is 0. The molecule has 2 aliphatic rings. The summed E-state index contributed by atoms with van der Waals surface area (Å²) in [4.78, 5) is 14.9. The van der Waals surface area contributed by atoms with Crippen LogP contribution in [0.3, 0.4) is 0 Å². The average molecular weight is 340 g/mol. The van der Waals surface area contributed by atoms with Gasteiger partial charge in [0.2, 0.25) is 5.91 Å². The van der Waals surface area contributed by atoms with Crippen molar-refractivity contribution in [2.45, 2.75) is 69.2 Å². The van der Waals surface area contributed by atoms with Gasteiger partial charge in [-0.25, -0.2) is 0 Å². The van der Waals surface area contributed by atoms with Crippen LogP contribution < -0.4 is 4.90 Å². The number of alkyl halides is 1. The van der Waals surface area contributed by atoms with E-state index in [4.69, 9.17) is 23.2 Å². The van der Waals surface area contributed by atoms with Crippen LogP contribution >= 0.6 is 23.2 Å². The van der Waals surface area contributed by atoms with E-state index in [1.807, 2.05) is 23.1 Å². The summed E-state index contributed by atoms with van der Waals surface area (Å²) in [5.74, 6) is 0.445. The van der Waals surface area contributed by atoms with Crippen LogP contribution in [-0.2, 0) is 4.79 Å². The van der Waals surface area contributed by atoms with Gasteiger partial charge < -0.3 is 4.90 Å². The van der Waals surface area contributed by atoms with Gasteiger partial charge in [0.25, 0.3) is 0 Å². The zero-order chi connectivity index (χ0) is 15.9. The Bertz CT molecular complexity index is 578. The number of hydrogen-bond acceptors (Lipinski definition) is 1. The van der Waals surface area contributed by atoms with Crippen LogP contribution in [0.1, 0.15) is 63.9 Å². The van der Waals surface area contributed by atoms with Crippen LogP contribution in [0.2, 0.25) is 5.02 Å². The number of carbonyl (C=O) groups is 1. The lowest BCUT2D eigenvalue weighted by molar-refractivity contribution is -0.119. The van der Waals surface area contributed by atoms with Gasteiger partial charge in [-0.05, 0) is 55.9 Å². The molecule has 0 N–H and O–H groups in total. The fraction of sp³-hybridized carbons (Fsp3) is 0.611. The second-order valence-electron chi connectivity index (χ2n) is 6.88. The number of carbonyl (C=O) groups excluding carboxylic acids is 1. The number of rotatable bonds is 1. The Labute approximate surface area is 142 Å². The Kier molecular flexibility index (Phi) is 4.44. The number of halogens is 2. The average Bonchev–Trinajstić information content (AvgIpc) is 2.48. The molecule has 1 aliphatic carbocycles. The number of fused-ring (bicyclic) bond motifs is 1. The second-order valence-corrected chi connectivity index (χ2v) is 7.97. The Morgan fingerprint density at radius 3 is 2.64 bits per heavy atom. The second kappa shape index (κ2) is 6.05. The zero-order valence-corrected chi connectivity index (χ0v) is 14.8. The van der Waals surface area contributed by atoms with Crippen molar-refractivity contribution in [3.63, 3.8) is 0 Å². The molecule has 4 heteroatoms. The van der Waals surface area contributed by atoms with Crippen LogP contribution in [0.25, 0.3) is 0 Å². The van der Waals surface area contributed by atoms with E-state index in [1.54, 1.807) is 6.92 Å². The lowest BCUT2D eigenvalue weighted by Gasteiger charge is -2.52. The van der Waals surface area contributed by atoms with Crippen molar-refractivity contribution < 1.29 is 4.79 Å². The summed E-state index contributed by atoms with van der Waals surface area (Å²) in [5.41, 5.74) is 2.13. The first-order chi connectivity index (χ1) is 10.4. The maximum absolute atomic E-state index is 12.9. The summed E-state index contributed by atoms with van der Waals surface area (Å²) in [6.07, 6.45) is 6.81. The normalized spacial score (nSPS) is 24.9. The van der Waals surface area contributed by atoms with E-state index in [0.717, 1.165) is 30.0 Å². The molecule has 1 amide bonds. The van der Waals surface area contributed by atoms with Gasteiger partial charge in [0.1, 0.15) is 5.38 Å². The Morgan fingerprint density at radius 1 is 1.32 bits per heavy atom. The molecule has 2 unspecified atom stereocenters. The van der Waals surface area contributed by atoms with E-state index < -0.39 is 5.38 Å². The van der Waals surface area contributed by atoms with Gasteiger partial charge in [-0.1, -0.05) is 37.8 Å². The molecular formula is C18H23Cl2NO. The molecule has 2 nitrogen and oxygen atoms in total. The van der Waals surface area contributed by atoms with Crippen LogP contribution in [0.5, 0.6) is 0 Å². The maximum Gasteiger partial charge on any atom is 0.245 e. The molecule has 1 aliphatic heterocycles. The van der Waals surface area contributed by atoms with E-state index in [9.17, 15) is 4.79 Å². The van der Waals surface area contributed by atoms with Crippen molar-refractivity contribution in [1.82, 2.24) is 0 Å². The number of benzene rings is 1. The van der Waals surface area contributed by atoms with Gasteiger partial charge in [0.05, 0.1) is 0 Å². The Morgan fingerprint density at radius 2 is 2.00 bits per heavy atom. The molecule has 0 radical (unpaired) electrons. The Balaban J connectivity index is 2.13. The van der Waals surface area contributed by atoms with Crippen molar-refractivity contribution in [2.75, 3.05) is 4.90 Å². The number of anilines is 1. The summed E-state index contributed by atoms with van der Waals surface area (Å²) in [6.45, 7) is 4.02. The summed E-state index contributed by atoms with van der Waals surface area (Å²) in [6, 6.07) is 5.89. The first kappa shape index (κ1) is 16.1. The molecule has 1 fully saturated rings. The molecule has 22 heavy (non-hydrogen) atoms. The van der Waals surface area contributed by atoms with Crippen LogP contribution in [0.4, 0.5) is 5.69 Å². The highest BCUT2D eigenvalue weighted by atomic mass is 35.5. The van der Waals surface area contributed by atoms with Gasteiger partial charge in [-0.2, -0.15) is 0 Å². The summed E-state index contributed by atoms with van der Waals surface area (Å²) in [7, 11) is 0. The topological polar surface area (TPSA) is 20.3 Å². The van der Waals surface area contributed by atoms with E-state index in [1.165, 1.54) is 24.8 Å². The van der Waals surface area contributed by atoms with E-state index in [-0.39, 0.29) is 11.4 Å². The smallest absolute Gasteiger partial charge is 0.245 e. The van der Waals surface area contributed by atoms with Crippen LogP contribution in [-0.4, -0.2) is 16.8 Å². The molecule has 120 valence electrons. The first-order valence-corrected chi connectivity index (χ1v) is 9.04. The molecule has 3 rings (SSSR count). The largest absolute Gasteiger partial charge is 0.305 e. The quantitative estimate of drug-likeness (QED) is 0.617. The van der Waals surface area contributed by atoms with E-state index in [2.05, 4.69) is 6.92 Å². The van der Waals surface area contributed by atoms with Crippen molar-refractivity contribution in [3.8, 4) is 0 Å². The van der Waals surface area contributed by atoms with Crippen molar-refractivity contribution >= 4 is 34.8 Å². The number of hydrogen-bond donors (Lipinski definition) is 0. The summed E-state index contributed by atoms with van der Waals surface area (Å²) in [5, 5.41) is 0.229. The molecule has 1 saturated carbocycles. The molecule has 0 bridgehead atoms. The lowest BCUT2D eigenvalue weighted by Crippen LogP contribution is -2.58. The minimum Gasteiger partial charge on any atom is -0.305 e. The fourth-order valence-corrected chi connectivity index (χ4v) is 4.60. The molecule has 1 aromatic rings. The maximum atomic E-state index is 12.9. The Hall–Kier alpha value is -0.730. The third kappa shape index (κ3) is 2.65. The fourth-order valence-electron chi connectivity index (χ4n) is 4.32. The molecule has 0 aromatic heterocycles. The van der Waals surface area contributed by atoms with Gasteiger partial charge in [-0.3, -0.25) is 4.79 Å². The highest BCUT2D eigenvalue weighted by Gasteiger charge is 2.47. The SMILES string of the molecule is CC(Cl)C(=O)N1c2ccc(Cl)cc2C(C)CC12CCCCC2. The van der Waals surface area contributed by atoms with Crippen LogP contribution in [0, 0.1) is 0 Å². The van der Waals surface area contributed by atoms with E-state index in [0.29, 0.717) is 5.92 Å². The zero-order valence-electron chi connectivity index (χ0n) is 13.2. The number of amides is 1. The molecule has 2 atom stereocenters. The summed E-state index contributed by atoms with van der Waals surface area (Å²) >= 11 is 12.4. The minimum absolute atomic E-state index is 0.0269. The van der Waals surface area contributed by atoms with E-state index >= 15 is 0 Å². The molecule has 0 saturated heterocycles. The molecule has 1 aromatic carbocycles. The molecular weight excluding hydrogens is 317 g/mol. The third-order valence-electron chi connectivity index (χ3n) is 5.27. The van der Waals surface area contributed by atoms with Crippen molar-refractivity contribution in [2.24, 2.45) is 0 Å². The first-order valence-electron chi connectivity index (χ1n) is 8.22. The minimum atomic E-state index is -0.504. The highest BCUT2D eigenvalue weighted by Crippen LogP contribution is 2.50. The van der Waals surface area contributed by atoms with Gasteiger partial charge in [0, 0.05) is 16.2 Å². The molecule has 1 heterocycles. The van der Waals surface area contributed by atoms with Crippen LogP contribution in [0.15, 0.2) is 18.2 Å². The third-order valence-corrected chi connectivity index (χ3v) is 5.69. The lowest BCUT2D eigenvalue weighted by atomic mass is 9.70. The van der Waals surface area contributed by atoms with Crippen molar-refractivity contribution in [1.29, 1.82) is 0 Å². The van der Waals surface area contributed by atoms with Gasteiger partial charge >= 0.3 is 0 Å². The molecule has 1 spiro atoms. The predicted molar refractivity (Wildman–Crippen MR) is 93.1 cm³/mol.